The van der Waals surface area contributed by atoms with E-state index in [4.69, 9.17) is 37.7 Å². The molecule has 0 aliphatic rings. The van der Waals surface area contributed by atoms with Crippen LogP contribution in [0.15, 0.2) is 54.6 Å². The van der Waals surface area contributed by atoms with E-state index >= 15 is 0 Å². The molecule has 0 aliphatic carbocycles. The Balaban J connectivity index is 2.28. The Hall–Kier alpha value is -5.81. The van der Waals surface area contributed by atoms with Crippen molar-refractivity contribution in [1.29, 1.82) is 0 Å². The first-order valence-electron chi connectivity index (χ1n) is 20.7. The topological polar surface area (TPSA) is 243 Å². The summed E-state index contributed by atoms with van der Waals surface area (Å²) >= 11 is 0. The molecule has 65 heavy (non-hydrogen) atoms. The SMILES string of the molecule is COP(=O)(CC[C@H](NC(=O)c1ccc(N(C)C(=O)OCc2ccccc2)cc1)C(=O)OCOC(=O)C(C)(C)C)CC(CCC(=O)OCOC(=O)C(C)(C)C)C(=O)OCOC(=O)C(C)(C)C. The van der Waals surface area contributed by atoms with Crippen LogP contribution in [-0.4, -0.2) is 101 Å². The van der Waals surface area contributed by atoms with E-state index < -0.39 is 123 Å². The van der Waals surface area contributed by atoms with Crippen molar-refractivity contribution in [3.8, 4) is 0 Å². The summed E-state index contributed by atoms with van der Waals surface area (Å²) in [5.74, 6) is -6.99. The number of hydrogen-bond donors (Lipinski definition) is 1. The van der Waals surface area contributed by atoms with Gasteiger partial charge in [0.15, 0.2) is 0 Å². The van der Waals surface area contributed by atoms with Crippen LogP contribution in [-0.2, 0) is 77.6 Å². The van der Waals surface area contributed by atoms with Gasteiger partial charge in [0.05, 0.1) is 22.2 Å². The Morgan fingerprint density at radius 1 is 0.631 bits per heavy atom. The first-order valence-corrected chi connectivity index (χ1v) is 22.7. The molecule has 2 unspecified atom stereocenters. The van der Waals surface area contributed by atoms with E-state index in [0.29, 0.717) is 5.69 Å². The Bertz CT molecular complexity index is 2000. The fourth-order valence-electron chi connectivity index (χ4n) is 5.11. The molecule has 0 saturated heterocycles. The normalized spacial score (nSPS) is 13.4. The zero-order valence-electron chi connectivity index (χ0n) is 39.0. The highest BCUT2D eigenvalue weighted by Crippen LogP contribution is 2.49. The number of amides is 2. The molecule has 2 aromatic carbocycles. The fraction of sp³-hybridized carbons (Fsp3) is 0.556. The van der Waals surface area contributed by atoms with Crippen LogP contribution in [0.4, 0.5) is 10.5 Å². The van der Waals surface area contributed by atoms with Crippen LogP contribution in [0.5, 0.6) is 0 Å². The maximum atomic E-state index is 14.3. The molecule has 2 amide bonds. The molecule has 1 N–H and O–H groups in total. The molecule has 2 aromatic rings. The largest absolute Gasteiger partial charge is 0.444 e. The van der Waals surface area contributed by atoms with Gasteiger partial charge in [0.2, 0.25) is 27.7 Å². The molecular weight excluding hydrogens is 871 g/mol. The summed E-state index contributed by atoms with van der Waals surface area (Å²) in [7, 11) is -1.35. The molecule has 3 atom stereocenters. The molecule has 0 radical (unpaired) electrons. The molecule has 360 valence electrons. The van der Waals surface area contributed by atoms with Crippen LogP contribution in [0.3, 0.4) is 0 Å². The van der Waals surface area contributed by atoms with Crippen LogP contribution in [0.25, 0.3) is 0 Å². The number of benzene rings is 2. The van der Waals surface area contributed by atoms with E-state index in [2.05, 4.69) is 5.32 Å². The average Bonchev–Trinajstić information content (AvgIpc) is 3.24. The Morgan fingerprint density at radius 3 is 1.62 bits per heavy atom. The minimum Gasteiger partial charge on any atom is -0.444 e. The predicted molar refractivity (Wildman–Crippen MR) is 234 cm³/mol. The van der Waals surface area contributed by atoms with Crippen LogP contribution >= 0.6 is 7.37 Å². The fourth-order valence-corrected chi connectivity index (χ4v) is 7.28. The molecule has 0 heterocycles. The number of anilines is 1. The average molecular weight is 935 g/mol. The number of ether oxygens (including phenoxy) is 7. The van der Waals surface area contributed by atoms with Gasteiger partial charge in [-0.25, -0.2) is 9.59 Å². The Labute approximate surface area is 379 Å². The molecule has 0 spiro atoms. The van der Waals surface area contributed by atoms with E-state index in [1.165, 1.54) is 36.2 Å². The van der Waals surface area contributed by atoms with Crippen LogP contribution < -0.4 is 10.2 Å². The first-order chi connectivity index (χ1) is 30.2. The molecule has 2 rings (SSSR count). The first kappa shape index (κ1) is 55.3. The Morgan fingerprint density at radius 2 is 1.12 bits per heavy atom. The van der Waals surface area contributed by atoms with Crippen molar-refractivity contribution in [1.82, 2.24) is 5.32 Å². The number of esters is 6. The summed E-state index contributed by atoms with van der Waals surface area (Å²) in [5.41, 5.74) is -1.47. The van der Waals surface area contributed by atoms with E-state index in [-0.39, 0.29) is 25.0 Å². The summed E-state index contributed by atoms with van der Waals surface area (Å²) < 4.78 is 55.5. The number of hydrogen-bond acceptors (Lipinski definition) is 17. The summed E-state index contributed by atoms with van der Waals surface area (Å²) in [6.45, 7) is 12.1. The third-order valence-electron chi connectivity index (χ3n) is 9.24. The zero-order valence-corrected chi connectivity index (χ0v) is 39.9. The van der Waals surface area contributed by atoms with Crippen LogP contribution in [0.1, 0.15) is 97.5 Å². The van der Waals surface area contributed by atoms with Gasteiger partial charge in [0.25, 0.3) is 5.91 Å². The number of rotatable bonds is 22. The number of nitrogens with zero attached hydrogens (tertiary/aromatic N) is 1. The Kier molecular flexibility index (Phi) is 21.3. The molecule has 20 heteroatoms. The summed E-state index contributed by atoms with van der Waals surface area (Å²) in [6, 6.07) is 13.3. The lowest BCUT2D eigenvalue weighted by atomic mass is 9.97. The lowest BCUT2D eigenvalue weighted by molar-refractivity contribution is -0.176. The number of carbonyl (C=O) groups excluding carboxylic acids is 8. The van der Waals surface area contributed by atoms with Gasteiger partial charge in [-0.2, -0.15) is 0 Å². The molecule has 0 aliphatic heterocycles. The molecular formula is C45H63N2O17P. The van der Waals surface area contributed by atoms with E-state index in [9.17, 15) is 42.9 Å². The van der Waals surface area contributed by atoms with Crippen molar-refractivity contribution in [3.63, 3.8) is 0 Å². The third kappa shape index (κ3) is 19.9. The van der Waals surface area contributed by atoms with Gasteiger partial charge in [-0.05, 0) is 105 Å². The van der Waals surface area contributed by atoms with Crippen LogP contribution in [0, 0.1) is 22.2 Å². The molecule has 0 saturated carbocycles. The summed E-state index contributed by atoms with van der Waals surface area (Å²) in [4.78, 5) is 104. The van der Waals surface area contributed by atoms with E-state index in [1.807, 2.05) is 18.2 Å². The summed E-state index contributed by atoms with van der Waals surface area (Å²) in [6.07, 6.45) is -2.74. The second kappa shape index (κ2) is 25.0. The second-order valence-corrected chi connectivity index (χ2v) is 20.7. The maximum Gasteiger partial charge on any atom is 0.414 e. The highest BCUT2D eigenvalue weighted by molar-refractivity contribution is 7.59. The minimum absolute atomic E-state index is 0.0411. The van der Waals surface area contributed by atoms with Crippen molar-refractivity contribution in [2.75, 3.05) is 51.8 Å². The van der Waals surface area contributed by atoms with Gasteiger partial charge >= 0.3 is 41.9 Å². The number of carbonyl (C=O) groups is 8. The van der Waals surface area contributed by atoms with Gasteiger partial charge < -0.3 is 43.0 Å². The molecule has 0 fully saturated rings. The molecule has 19 nitrogen and oxygen atoms in total. The molecule has 0 bridgehead atoms. The standard InChI is InChI=1S/C45H63N2O17P/c1-43(2,3)39(52)62-27-59-35(48)22-19-32(37(50)60-28-63-40(53)44(4,5)6)26-65(56,57-11)24-23-34(38(51)61-29-64-41(54)45(7,8)9)46-36(49)31-17-20-33(21-18-31)47(10)42(55)58-25-30-15-13-12-14-16-30/h12-18,20-21,32,34H,19,22-29H2,1-11H3,(H,46,49)/t32?,34-,65?/m0/s1. The highest BCUT2D eigenvalue weighted by atomic mass is 31.2. The monoisotopic (exact) mass is 934 g/mol. The highest BCUT2D eigenvalue weighted by Gasteiger charge is 2.36. The molecule has 0 aromatic heterocycles. The van der Waals surface area contributed by atoms with E-state index in [1.54, 1.807) is 74.4 Å². The lowest BCUT2D eigenvalue weighted by Gasteiger charge is -2.24. The van der Waals surface area contributed by atoms with Gasteiger partial charge in [-0.3, -0.25) is 38.2 Å². The minimum atomic E-state index is -3.95. The van der Waals surface area contributed by atoms with Crippen LogP contribution in [0.2, 0.25) is 0 Å². The van der Waals surface area contributed by atoms with Gasteiger partial charge in [0.1, 0.15) is 12.6 Å². The predicted octanol–water partition coefficient (Wildman–Crippen LogP) is 6.54. The van der Waals surface area contributed by atoms with E-state index in [0.717, 1.165) is 12.7 Å². The zero-order chi connectivity index (χ0) is 49.2. The van der Waals surface area contributed by atoms with Gasteiger partial charge in [-0.15, -0.1) is 0 Å². The maximum absolute atomic E-state index is 14.3. The lowest BCUT2D eigenvalue weighted by Crippen LogP contribution is -2.43. The van der Waals surface area contributed by atoms with Crippen molar-refractivity contribution >= 4 is 60.9 Å². The second-order valence-electron chi connectivity index (χ2n) is 17.9. The number of nitrogens with one attached hydrogen (secondary N) is 1. The van der Waals surface area contributed by atoms with Gasteiger partial charge in [0, 0.05) is 44.2 Å². The van der Waals surface area contributed by atoms with Crippen molar-refractivity contribution in [3.05, 3.63) is 65.7 Å². The van der Waals surface area contributed by atoms with Crippen molar-refractivity contribution in [2.45, 2.75) is 94.2 Å². The third-order valence-corrected chi connectivity index (χ3v) is 11.8. The van der Waals surface area contributed by atoms with Crippen molar-refractivity contribution < 1.29 is 80.6 Å². The summed E-state index contributed by atoms with van der Waals surface area (Å²) in [5, 5.41) is 2.54. The van der Waals surface area contributed by atoms with Gasteiger partial charge in [-0.1, -0.05) is 30.3 Å². The smallest absolute Gasteiger partial charge is 0.414 e. The van der Waals surface area contributed by atoms with Crippen molar-refractivity contribution in [2.24, 2.45) is 22.2 Å². The quantitative estimate of drug-likeness (QED) is 0.0570.